The standard InChI is InChI=1S/C17H23NO2S/c19-16(2-1-14-3-8-18-9-4-14)15-5-10-20-17(13-15)6-11-21-12-7-17/h3-4,8-9,15H,1-2,5-7,10-13H2. The lowest BCUT2D eigenvalue weighted by molar-refractivity contribution is -0.138. The highest BCUT2D eigenvalue weighted by atomic mass is 32.2. The maximum Gasteiger partial charge on any atom is 0.136 e. The van der Waals surface area contributed by atoms with Gasteiger partial charge in [0.15, 0.2) is 0 Å². The number of carbonyl (C=O) groups excluding carboxylic acids is 1. The minimum Gasteiger partial charge on any atom is -0.375 e. The largest absolute Gasteiger partial charge is 0.375 e. The molecule has 3 nitrogen and oxygen atoms in total. The zero-order chi connectivity index (χ0) is 14.5. The smallest absolute Gasteiger partial charge is 0.136 e. The summed E-state index contributed by atoms with van der Waals surface area (Å²) in [6.45, 7) is 0.760. The van der Waals surface area contributed by atoms with E-state index in [1.165, 1.54) is 17.1 Å². The van der Waals surface area contributed by atoms with Crippen LogP contribution < -0.4 is 0 Å². The second-order valence-electron chi connectivity index (χ2n) is 6.16. The van der Waals surface area contributed by atoms with Crippen LogP contribution in [0.5, 0.6) is 0 Å². The van der Waals surface area contributed by atoms with Crippen molar-refractivity contribution in [2.24, 2.45) is 5.92 Å². The number of nitrogens with zero attached hydrogens (tertiary/aromatic N) is 1. The molecule has 3 rings (SSSR count). The third kappa shape index (κ3) is 3.86. The Balaban J connectivity index is 1.54. The zero-order valence-electron chi connectivity index (χ0n) is 12.4. The first-order valence-electron chi connectivity index (χ1n) is 7.91. The third-order valence-corrected chi connectivity index (χ3v) is 5.75. The number of Topliss-reactive ketones (excluding diaryl/α,β-unsaturated/α-hetero) is 1. The van der Waals surface area contributed by atoms with Gasteiger partial charge in [-0.25, -0.2) is 0 Å². The van der Waals surface area contributed by atoms with Crippen molar-refractivity contribution in [1.29, 1.82) is 0 Å². The molecule has 0 aliphatic carbocycles. The molecule has 0 amide bonds. The fourth-order valence-corrected chi connectivity index (χ4v) is 4.65. The van der Waals surface area contributed by atoms with Gasteiger partial charge in [0.2, 0.25) is 0 Å². The summed E-state index contributed by atoms with van der Waals surface area (Å²) in [4.78, 5) is 16.5. The van der Waals surface area contributed by atoms with Gasteiger partial charge in [0, 0.05) is 31.3 Å². The predicted octanol–water partition coefficient (Wildman–Crippen LogP) is 3.28. The van der Waals surface area contributed by atoms with E-state index in [2.05, 4.69) is 4.98 Å². The average Bonchev–Trinajstić information content (AvgIpc) is 2.54. The normalized spacial score (nSPS) is 24.9. The second-order valence-corrected chi connectivity index (χ2v) is 7.38. The van der Waals surface area contributed by atoms with Crippen LogP contribution in [0, 0.1) is 5.92 Å². The number of thioether (sulfide) groups is 1. The highest BCUT2D eigenvalue weighted by molar-refractivity contribution is 7.99. The number of rotatable bonds is 4. The Labute approximate surface area is 130 Å². The minimum atomic E-state index is 0.0144. The van der Waals surface area contributed by atoms with Crippen molar-refractivity contribution in [2.45, 2.75) is 44.1 Å². The van der Waals surface area contributed by atoms with E-state index in [9.17, 15) is 4.79 Å². The number of ether oxygens (including phenoxy) is 1. The number of carbonyl (C=O) groups is 1. The van der Waals surface area contributed by atoms with Crippen LogP contribution in [0.4, 0.5) is 0 Å². The Morgan fingerprint density at radius 1 is 1.33 bits per heavy atom. The molecule has 1 spiro atoms. The molecule has 1 atom stereocenters. The van der Waals surface area contributed by atoms with Crippen molar-refractivity contribution in [2.75, 3.05) is 18.1 Å². The summed E-state index contributed by atoms with van der Waals surface area (Å²) in [5, 5.41) is 0. The van der Waals surface area contributed by atoms with Crippen molar-refractivity contribution in [3.63, 3.8) is 0 Å². The fraction of sp³-hybridized carbons (Fsp3) is 0.647. The molecule has 0 saturated carbocycles. The van der Waals surface area contributed by atoms with Crippen molar-refractivity contribution < 1.29 is 9.53 Å². The summed E-state index contributed by atoms with van der Waals surface area (Å²) in [6.07, 6.45) is 9.16. The zero-order valence-corrected chi connectivity index (χ0v) is 13.2. The summed E-state index contributed by atoms with van der Waals surface area (Å²) >= 11 is 2.01. The van der Waals surface area contributed by atoms with Crippen molar-refractivity contribution in [3.05, 3.63) is 30.1 Å². The topological polar surface area (TPSA) is 39.2 Å². The molecule has 1 aromatic rings. The molecule has 1 aromatic heterocycles. The monoisotopic (exact) mass is 305 g/mol. The molecule has 0 N–H and O–H groups in total. The van der Waals surface area contributed by atoms with E-state index in [0.717, 1.165) is 38.7 Å². The minimum absolute atomic E-state index is 0.0144. The molecule has 0 aromatic carbocycles. The SMILES string of the molecule is O=C(CCc1ccncc1)C1CCOC2(CCSCC2)C1. The highest BCUT2D eigenvalue weighted by Crippen LogP contribution is 2.40. The van der Waals surface area contributed by atoms with Gasteiger partial charge < -0.3 is 4.74 Å². The molecule has 2 fully saturated rings. The van der Waals surface area contributed by atoms with E-state index in [-0.39, 0.29) is 11.5 Å². The van der Waals surface area contributed by atoms with Crippen molar-refractivity contribution in [3.8, 4) is 0 Å². The van der Waals surface area contributed by atoms with Gasteiger partial charge in [-0.05, 0) is 61.3 Å². The van der Waals surface area contributed by atoms with Gasteiger partial charge in [-0.2, -0.15) is 11.8 Å². The van der Waals surface area contributed by atoms with Gasteiger partial charge >= 0.3 is 0 Å². The summed E-state index contributed by atoms with van der Waals surface area (Å²) in [7, 11) is 0. The van der Waals surface area contributed by atoms with E-state index in [0.29, 0.717) is 12.2 Å². The fourth-order valence-electron chi connectivity index (χ4n) is 3.42. The highest BCUT2D eigenvalue weighted by Gasteiger charge is 2.40. The van der Waals surface area contributed by atoms with Gasteiger partial charge in [-0.15, -0.1) is 0 Å². The predicted molar refractivity (Wildman–Crippen MR) is 85.5 cm³/mol. The van der Waals surface area contributed by atoms with Gasteiger partial charge in [-0.3, -0.25) is 9.78 Å². The molecule has 114 valence electrons. The van der Waals surface area contributed by atoms with Crippen molar-refractivity contribution >= 4 is 17.5 Å². The average molecular weight is 305 g/mol. The molecule has 2 aliphatic rings. The van der Waals surface area contributed by atoms with Crippen LogP contribution in [0.15, 0.2) is 24.5 Å². The second kappa shape index (κ2) is 6.93. The Bertz CT molecular complexity index is 465. The summed E-state index contributed by atoms with van der Waals surface area (Å²) in [5.74, 6) is 2.99. The van der Waals surface area contributed by atoms with Crippen LogP contribution in [-0.4, -0.2) is 34.5 Å². The van der Waals surface area contributed by atoms with Gasteiger partial charge in [0.25, 0.3) is 0 Å². The van der Waals surface area contributed by atoms with Crippen molar-refractivity contribution in [1.82, 2.24) is 4.98 Å². The molecule has 4 heteroatoms. The molecule has 1 unspecified atom stereocenters. The van der Waals surface area contributed by atoms with Gasteiger partial charge in [-0.1, -0.05) is 0 Å². The summed E-state index contributed by atoms with van der Waals surface area (Å²) < 4.78 is 6.08. The van der Waals surface area contributed by atoms with Crippen LogP contribution in [0.2, 0.25) is 0 Å². The van der Waals surface area contributed by atoms with Crippen LogP contribution >= 0.6 is 11.8 Å². The van der Waals surface area contributed by atoms with E-state index < -0.39 is 0 Å². The Morgan fingerprint density at radius 3 is 2.86 bits per heavy atom. The van der Waals surface area contributed by atoms with E-state index in [1.54, 1.807) is 12.4 Å². The molecule has 0 radical (unpaired) electrons. The number of hydrogen-bond acceptors (Lipinski definition) is 4. The number of aromatic nitrogens is 1. The molecule has 0 bridgehead atoms. The number of aryl methyl sites for hydroxylation is 1. The van der Waals surface area contributed by atoms with E-state index in [4.69, 9.17) is 4.74 Å². The first kappa shape index (κ1) is 15.0. The Hall–Kier alpha value is -0.870. The summed E-state index contributed by atoms with van der Waals surface area (Å²) in [6, 6.07) is 3.99. The quantitative estimate of drug-likeness (QED) is 0.856. The number of pyridine rings is 1. The van der Waals surface area contributed by atoms with Crippen LogP contribution in [0.1, 0.15) is 37.7 Å². The number of hydrogen-bond donors (Lipinski definition) is 0. The molecule has 21 heavy (non-hydrogen) atoms. The van der Waals surface area contributed by atoms with Gasteiger partial charge in [0.05, 0.1) is 5.60 Å². The molecular weight excluding hydrogens is 282 g/mol. The lowest BCUT2D eigenvalue weighted by atomic mass is 9.79. The van der Waals surface area contributed by atoms with Crippen LogP contribution in [0.25, 0.3) is 0 Å². The van der Waals surface area contributed by atoms with E-state index in [1.807, 2.05) is 23.9 Å². The first-order chi connectivity index (χ1) is 10.3. The Kier molecular flexibility index (Phi) is 4.96. The maximum atomic E-state index is 12.5. The van der Waals surface area contributed by atoms with Crippen LogP contribution in [0.3, 0.4) is 0 Å². The summed E-state index contributed by atoms with van der Waals surface area (Å²) in [5.41, 5.74) is 1.22. The number of ketones is 1. The molecule has 3 heterocycles. The Morgan fingerprint density at radius 2 is 2.10 bits per heavy atom. The van der Waals surface area contributed by atoms with E-state index >= 15 is 0 Å². The lowest BCUT2D eigenvalue weighted by Crippen LogP contribution is -2.44. The maximum absolute atomic E-state index is 12.5. The first-order valence-corrected chi connectivity index (χ1v) is 9.06. The molecular formula is C17H23NO2S. The molecule has 2 aliphatic heterocycles. The lowest BCUT2D eigenvalue weighted by Gasteiger charge is -2.43. The third-order valence-electron chi connectivity index (χ3n) is 4.76. The van der Waals surface area contributed by atoms with Gasteiger partial charge in [0.1, 0.15) is 5.78 Å². The van der Waals surface area contributed by atoms with Crippen LogP contribution in [-0.2, 0) is 16.0 Å². The molecule has 2 saturated heterocycles.